The van der Waals surface area contributed by atoms with Gasteiger partial charge in [-0.05, 0) is 53.5 Å². The molecule has 0 bridgehead atoms. The fourth-order valence-corrected chi connectivity index (χ4v) is 2.17. The maximum atomic E-state index is 11.5. The summed E-state index contributed by atoms with van der Waals surface area (Å²) in [5, 5.41) is 0. The first-order chi connectivity index (χ1) is 6.49. The van der Waals surface area contributed by atoms with Gasteiger partial charge in [0, 0.05) is 0 Å². The molecule has 1 rings (SSSR count). The Hall–Kier alpha value is -0.610. The van der Waals surface area contributed by atoms with E-state index in [1.165, 1.54) is 0 Å². The van der Waals surface area contributed by atoms with Gasteiger partial charge in [0.25, 0.3) is 0 Å². The van der Waals surface area contributed by atoms with E-state index in [1.807, 2.05) is 21.1 Å². The van der Waals surface area contributed by atoms with E-state index in [9.17, 15) is 4.79 Å². The Balaban J connectivity index is 2.67. The average Bonchev–Trinajstić information content (AvgIpc) is 2.44. The maximum Gasteiger partial charge on any atom is 0.237 e. The summed E-state index contributed by atoms with van der Waals surface area (Å²) in [6.07, 6.45) is 2.82. The van der Waals surface area contributed by atoms with Gasteiger partial charge >= 0.3 is 0 Å². The normalized spacial score (nSPS) is 28.6. The molecule has 1 fully saturated rings. The Morgan fingerprint density at radius 1 is 1.57 bits per heavy atom. The molecule has 0 radical (unpaired) electrons. The van der Waals surface area contributed by atoms with Crippen molar-refractivity contribution in [2.24, 2.45) is 5.73 Å². The van der Waals surface area contributed by atoms with E-state index in [2.05, 4.69) is 9.80 Å². The smallest absolute Gasteiger partial charge is 0.237 e. The summed E-state index contributed by atoms with van der Waals surface area (Å²) >= 11 is 0. The van der Waals surface area contributed by atoms with Crippen molar-refractivity contribution in [3.8, 4) is 0 Å². The number of amides is 1. The second kappa shape index (κ2) is 4.28. The zero-order chi connectivity index (χ0) is 10.8. The van der Waals surface area contributed by atoms with Crippen molar-refractivity contribution in [1.82, 2.24) is 9.80 Å². The highest BCUT2D eigenvalue weighted by molar-refractivity contribution is 5.85. The molecule has 0 aromatic carbocycles. The fraction of sp³-hybridized carbons (Fsp3) is 0.900. The van der Waals surface area contributed by atoms with E-state index in [1.54, 1.807) is 0 Å². The molecular formula is C10H21N3O. The highest BCUT2D eigenvalue weighted by Crippen LogP contribution is 2.30. The SMILES string of the molecule is CN(C)CC[C@@]1(C(N)=O)CCCN1C. The van der Waals surface area contributed by atoms with Gasteiger partial charge in [-0.25, -0.2) is 0 Å². The molecule has 1 atom stereocenters. The molecule has 1 aliphatic heterocycles. The Kier molecular flexibility index (Phi) is 3.50. The molecule has 0 spiro atoms. The van der Waals surface area contributed by atoms with Crippen molar-refractivity contribution in [2.45, 2.75) is 24.8 Å². The molecule has 0 aliphatic carbocycles. The van der Waals surface area contributed by atoms with Crippen molar-refractivity contribution < 1.29 is 4.79 Å². The van der Waals surface area contributed by atoms with Crippen LogP contribution in [0.5, 0.6) is 0 Å². The number of likely N-dealkylation sites (N-methyl/N-ethyl adjacent to an activating group) is 1. The number of hydrogen-bond donors (Lipinski definition) is 1. The number of nitrogens with two attached hydrogens (primary N) is 1. The Morgan fingerprint density at radius 3 is 2.57 bits per heavy atom. The zero-order valence-corrected chi connectivity index (χ0v) is 9.42. The Morgan fingerprint density at radius 2 is 2.21 bits per heavy atom. The first kappa shape index (κ1) is 11.5. The van der Waals surface area contributed by atoms with Gasteiger partial charge in [0.15, 0.2) is 0 Å². The quantitative estimate of drug-likeness (QED) is 0.687. The lowest BCUT2D eigenvalue weighted by molar-refractivity contribution is -0.128. The lowest BCUT2D eigenvalue weighted by Gasteiger charge is -2.33. The van der Waals surface area contributed by atoms with Crippen LogP contribution in [-0.2, 0) is 4.79 Å². The van der Waals surface area contributed by atoms with Crippen LogP contribution < -0.4 is 5.73 Å². The summed E-state index contributed by atoms with van der Waals surface area (Å²) in [5.41, 5.74) is 5.13. The van der Waals surface area contributed by atoms with Gasteiger partial charge in [-0.1, -0.05) is 0 Å². The number of carbonyl (C=O) groups excluding carboxylic acids is 1. The van der Waals surface area contributed by atoms with Gasteiger partial charge in [-0.3, -0.25) is 9.69 Å². The molecule has 0 saturated carbocycles. The summed E-state index contributed by atoms with van der Waals surface area (Å²) in [6, 6.07) is 0. The second-order valence-electron chi connectivity index (χ2n) is 4.47. The molecule has 1 amide bonds. The zero-order valence-electron chi connectivity index (χ0n) is 9.42. The lowest BCUT2D eigenvalue weighted by atomic mass is 9.91. The first-order valence-corrected chi connectivity index (χ1v) is 5.15. The summed E-state index contributed by atoms with van der Waals surface area (Å²) in [6.45, 7) is 1.89. The lowest BCUT2D eigenvalue weighted by Crippen LogP contribution is -2.53. The van der Waals surface area contributed by atoms with Crippen molar-refractivity contribution in [1.29, 1.82) is 0 Å². The van der Waals surface area contributed by atoms with E-state index in [4.69, 9.17) is 5.73 Å². The topological polar surface area (TPSA) is 49.6 Å². The third-order valence-corrected chi connectivity index (χ3v) is 3.25. The summed E-state index contributed by atoms with van der Waals surface area (Å²) in [7, 11) is 6.03. The van der Waals surface area contributed by atoms with Crippen molar-refractivity contribution in [2.75, 3.05) is 34.2 Å². The predicted octanol–water partition coefficient (Wildman–Crippen LogP) is -0.112. The number of hydrogen-bond acceptors (Lipinski definition) is 3. The minimum Gasteiger partial charge on any atom is -0.368 e. The maximum absolute atomic E-state index is 11.5. The highest BCUT2D eigenvalue weighted by atomic mass is 16.1. The molecular weight excluding hydrogens is 178 g/mol. The minimum absolute atomic E-state index is 0.167. The van der Waals surface area contributed by atoms with Crippen LogP contribution >= 0.6 is 0 Å². The molecule has 4 heteroatoms. The highest BCUT2D eigenvalue weighted by Gasteiger charge is 2.43. The number of nitrogens with zero attached hydrogens (tertiary/aromatic N) is 2. The molecule has 82 valence electrons. The standard InChI is InChI=1S/C10H21N3O/c1-12(2)8-6-10(9(11)14)5-4-7-13(10)3/h4-8H2,1-3H3,(H2,11,14)/t10-/m1/s1. The van der Waals surface area contributed by atoms with Gasteiger partial charge in [0.1, 0.15) is 5.54 Å². The van der Waals surface area contributed by atoms with Gasteiger partial charge in [0.2, 0.25) is 5.91 Å². The molecule has 4 nitrogen and oxygen atoms in total. The summed E-state index contributed by atoms with van der Waals surface area (Å²) in [5.74, 6) is -0.167. The van der Waals surface area contributed by atoms with Crippen LogP contribution in [-0.4, -0.2) is 55.5 Å². The Labute approximate surface area is 86.0 Å². The van der Waals surface area contributed by atoms with Crippen LogP contribution in [0.15, 0.2) is 0 Å². The van der Waals surface area contributed by atoms with Crippen LogP contribution in [0.3, 0.4) is 0 Å². The van der Waals surface area contributed by atoms with E-state index in [0.29, 0.717) is 0 Å². The third kappa shape index (κ3) is 2.07. The van der Waals surface area contributed by atoms with Crippen LogP contribution in [0.1, 0.15) is 19.3 Å². The van der Waals surface area contributed by atoms with E-state index < -0.39 is 0 Å². The van der Waals surface area contributed by atoms with E-state index in [0.717, 1.165) is 32.4 Å². The summed E-state index contributed by atoms with van der Waals surface area (Å²) in [4.78, 5) is 15.7. The molecule has 2 N–H and O–H groups in total. The molecule has 1 saturated heterocycles. The van der Waals surface area contributed by atoms with E-state index in [-0.39, 0.29) is 11.4 Å². The summed E-state index contributed by atoms with van der Waals surface area (Å²) < 4.78 is 0. The molecule has 0 aromatic heterocycles. The molecule has 1 heterocycles. The van der Waals surface area contributed by atoms with Crippen LogP contribution in [0, 0.1) is 0 Å². The van der Waals surface area contributed by atoms with Gasteiger partial charge < -0.3 is 10.6 Å². The number of rotatable bonds is 4. The predicted molar refractivity (Wildman–Crippen MR) is 57.0 cm³/mol. The van der Waals surface area contributed by atoms with Crippen LogP contribution in [0.2, 0.25) is 0 Å². The van der Waals surface area contributed by atoms with E-state index >= 15 is 0 Å². The van der Waals surface area contributed by atoms with Gasteiger partial charge in [0.05, 0.1) is 0 Å². The number of primary amides is 1. The molecule has 14 heavy (non-hydrogen) atoms. The fourth-order valence-electron chi connectivity index (χ4n) is 2.17. The second-order valence-corrected chi connectivity index (χ2v) is 4.47. The molecule has 0 aromatic rings. The van der Waals surface area contributed by atoms with Crippen molar-refractivity contribution in [3.05, 3.63) is 0 Å². The minimum atomic E-state index is -0.385. The van der Waals surface area contributed by atoms with Gasteiger partial charge in [-0.15, -0.1) is 0 Å². The third-order valence-electron chi connectivity index (χ3n) is 3.25. The van der Waals surface area contributed by atoms with Crippen LogP contribution in [0.4, 0.5) is 0 Å². The molecule has 0 unspecified atom stereocenters. The monoisotopic (exact) mass is 199 g/mol. The number of likely N-dealkylation sites (tertiary alicyclic amines) is 1. The number of carbonyl (C=O) groups is 1. The average molecular weight is 199 g/mol. The van der Waals surface area contributed by atoms with Crippen LogP contribution in [0.25, 0.3) is 0 Å². The van der Waals surface area contributed by atoms with Crippen molar-refractivity contribution in [3.63, 3.8) is 0 Å². The van der Waals surface area contributed by atoms with Crippen molar-refractivity contribution >= 4 is 5.91 Å². The first-order valence-electron chi connectivity index (χ1n) is 5.15. The molecule has 1 aliphatic rings. The largest absolute Gasteiger partial charge is 0.368 e. The van der Waals surface area contributed by atoms with Gasteiger partial charge in [-0.2, -0.15) is 0 Å². The Bertz CT molecular complexity index is 217.